The molecule has 0 radical (unpaired) electrons. The number of alkyl halides is 3. The molecule has 0 fully saturated rings. The van der Waals surface area contributed by atoms with E-state index >= 15 is 0 Å². The van der Waals surface area contributed by atoms with Crippen molar-refractivity contribution in [2.45, 2.75) is 12.7 Å². The number of ether oxygens (including phenoxy) is 2. The third kappa shape index (κ3) is 3.81. The van der Waals surface area contributed by atoms with Gasteiger partial charge in [-0.3, -0.25) is 0 Å². The molecule has 2 aromatic rings. The fourth-order valence-corrected chi connectivity index (χ4v) is 1.85. The number of hydrogen-bond donors (Lipinski definition) is 1. The van der Waals surface area contributed by atoms with E-state index in [9.17, 15) is 13.2 Å². The van der Waals surface area contributed by atoms with Gasteiger partial charge in [0.2, 0.25) is 0 Å². The molecule has 2 rings (SSSR count). The lowest BCUT2D eigenvalue weighted by molar-refractivity contribution is -0.137. The van der Waals surface area contributed by atoms with Crippen molar-refractivity contribution >= 4 is 5.82 Å². The summed E-state index contributed by atoms with van der Waals surface area (Å²) in [6.45, 7) is 0.367. The first-order chi connectivity index (χ1) is 10.4. The van der Waals surface area contributed by atoms with Crippen LogP contribution in [0.4, 0.5) is 19.0 Å². The average molecular weight is 312 g/mol. The quantitative estimate of drug-likeness (QED) is 0.913. The van der Waals surface area contributed by atoms with Gasteiger partial charge >= 0.3 is 6.18 Å². The molecular weight excluding hydrogens is 297 g/mol. The van der Waals surface area contributed by atoms with Crippen molar-refractivity contribution in [3.8, 4) is 11.5 Å². The van der Waals surface area contributed by atoms with Crippen LogP contribution in [-0.4, -0.2) is 19.2 Å². The Labute approximate surface area is 125 Å². The van der Waals surface area contributed by atoms with Crippen molar-refractivity contribution in [1.82, 2.24) is 4.98 Å². The molecule has 0 aliphatic rings. The molecular formula is C15H15F3N2O2. The number of benzene rings is 1. The summed E-state index contributed by atoms with van der Waals surface area (Å²) in [6, 6.07) is 7.60. The molecule has 0 aliphatic heterocycles. The van der Waals surface area contributed by atoms with Crippen molar-refractivity contribution in [1.29, 1.82) is 0 Å². The van der Waals surface area contributed by atoms with Crippen LogP contribution in [0.2, 0.25) is 0 Å². The highest BCUT2D eigenvalue weighted by atomic mass is 19.4. The topological polar surface area (TPSA) is 43.4 Å². The van der Waals surface area contributed by atoms with Crippen molar-refractivity contribution in [3.05, 3.63) is 47.7 Å². The second kappa shape index (κ2) is 6.55. The van der Waals surface area contributed by atoms with Gasteiger partial charge < -0.3 is 14.8 Å². The average Bonchev–Trinajstić information content (AvgIpc) is 2.52. The predicted octanol–water partition coefficient (Wildman–Crippen LogP) is 3.73. The maximum Gasteiger partial charge on any atom is 0.417 e. The monoisotopic (exact) mass is 312 g/mol. The Morgan fingerprint density at radius 1 is 1.09 bits per heavy atom. The third-order valence-corrected chi connectivity index (χ3v) is 3.05. The fourth-order valence-electron chi connectivity index (χ4n) is 1.85. The van der Waals surface area contributed by atoms with Crippen LogP contribution in [0.5, 0.6) is 11.5 Å². The van der Waals surface area contributed by atoms with Gasteiger partial charge in [0.15, 0.2) is 0 Å². The smallest absolute Gasteiger partial charge is 0.417 e. The van der Waals surface area contributed by atoms with Crippen molar-refractivity contribution in [2.75, 3.05) is 19.5 Å². The number of nitrogens with one attached hydrogen (secondary N) is 1. The predicted molar refractivity (Wildman–Crippen MR) is 76.1 cm³/mol. The number of hydrogen-bond acceptors (Lipinski definition) is 4. The number of rotatable bonds is 5. The van der Waals surface area contributed by atoms with E-state index in [2.05, 4.69) is 10.3 Å². The maximum absolute atomic E-state index is 12.5. The Bertz CT molecular complexity index is 628. The van der Waals surface area contributed by atoms with Gasteiger partial charge in [-0.2, -0.15) is 13.2 Å². The summed E-state index contributed by atoms with van der Waals surface area (Å²) in [5.41, 5.74) is 0.0603. The van der Waals surface area contributed by atoms with Crippen LogP contribution in [-0.2, 0) is 12.7 Å². The number of methoxy groups -OCH3 is 2. The van der Waals surface area contributed by atoms with E-state index in [4.69, 9.17) is 9.47 Å². The Balaban J connectivity index is 2.07. The Morgan fingerprint density at radius 3 is 2.41 bits per heavy atom. The number of pyridine rings is 1. The molecule has 0 bridgehead atoms. The molecule has 1 aromatic heterocycles. The number of aromatic nitrogens is 1. The minimum atomic E-state index is -4.38. The summed E-state index contributed by atoms with van der Waals surface area (Å²) < 4.78 is 47.7. The van der Waals surface area contributed by atoms with Crippen LogP contribution >= 0.6 is 0 Å². The van der Waals surface area contributed by atoms with E-state index in [0.717, 1.165) is 17.8 Å². The van der Waals surface area contributed by atoms with Crippen LogP contribution in [0.3, 0.4) is 0 Å². The number of halogens is 3. The minimum absolute atomic E-state index is 0.353. The second-order valence-electron chi connectivity index (χ2n) is 4.46. The van der Waals surface area contributed by atoms with Crippen molar-refractivity contribution < 1.29 is 22.6 Å². The highest BCUT2D eigenvalue weighted by molar-refractivity contribution is 5.44. The largest absolute Gasteiger partial charge is 0.497 e. The molecule has 0 amide bonds. The molecule has 0 aliphatic carbocycles. The molecule has 22 heavy (non-hydrogen) atoms. The third-order valence-electron chi connectivity index (χ3n) is 3.05. The van der Waals surface area contributed by atoms with Crippen LogP contribution in [0, 0.1) is 0 Å². The normalized spacial score (nSPS) is 11.1. The first kappa shape index (κ1) is 15.9. The second-order valence-corrected chi connectivity index (χ2v) is 4.46. The van der Waals surface area contributed by atoms with Gasteiger partial charge in [-0.1, -0.05) is 0 Å². The molecule has 0 saturated heterocycles. The SMILES string of the molecule is COc1ccc(CNc2ccc(C(F)(F)F)cn2)c(OC)c1. The number of anilines is 1. The fraction of sp³-hybridized carbons (Fsp3) is 0.267. The Kier molecular flexibility index (Phi) is 4.75. The zero-order valence-electron chi connectivity index (χ0n) is 12.1. The highest BCUT2D eigenvalue weighted by Crippen LogP contribution is 2.29. The van der Waals surface area contributed by atoms with Gasteiger partial charge in [0.1, 0.15) is 17.3 Å². The minimum Gasteiger partial charge on any atom is -0.497 e. The first-order valence-corrected chi connectivity index (χ1v) is 6.42. The summed E-state index contributed by atoms with van der Waals surface area (Å²) in [7, 11) is 3.09. The van der Waals surface area contributed by atoms with Gasteiger partial charge in [0.25, 0.3) is 0 Å². The molecule has 1 aromatic carbocycles. The molecule has 0 saturated carbocycles. The molecule has 118 valence electrons. The first-order valence-electron chi connectivity index (χ1n) is 6.42. The summed E-state index contributed by atoms with van der Waals surface area (Å²) in [6.07, 6.45) is -3.58. The summed E-state index contributed by atoms with van der Waals surface area (Å²) in [4.78, 5) is 3.75. The Hall–Kier alpha value is -2.44. The zero-order chi connectivity index (χ0) is 16.2. The van der Waals surface area contributed by atoms with E-state index in [1.807, 2.05) is 6.07 Å². The van der Waals surface area contributed by atoms with Gasteiger partial charge in [-0.25, -0.2) is 4.98 Å². The molecule has 0 atom stereocenters. The van der Waals surface area contributed by atoms with Gasteiger partial charge in [-0.05, 0) is 24.3 Å². The van der Waals surface area contributed by atoms with Crippen LogP contribution in [0.1, 0.15) is 11.1 Å². The lowest BCUT2D eigenvalue weighted by Crippen LogP contribution is -2.07. The van der Waals surface area contributed by atoms with Crippen molar-refractivity contribution in [3.63, 3.8) is 0 Å². The molecule has 1 heterocycles. The molecule has 1 N–H and O–H groups in total. The van der Waals surface area contributed by atoms with E-state index in [1.54, 1.807) is 19.2 Å². The van der Waals surface area contributed by atoms with E-state index < -0.39 is 11.7 Å². The Morgan fingerprint density at radius 2 is 1.86 bits per heavy atom. The summed E-state index contributed by atoms with van der Waals surface area (Å²) in [5.74, 6) is 1.64. The zero-order valence-corrected chi connectivity index (χ0v) is 12.1. The van der Waals surface area contributed by atoms with Crippen LogP contribution in [0.25, 0.3) is 0 Å². The molecule has 7 heteroatoms. The highest BCUT2D eigenvalue weighted by Gasteiger charge is 2.30. The van der Waals surface area contributed by atoms with Gasteiger partial charge in [0.05, 0.1) is 19.8 Å². The van der Waals surface area contributed by atoms with Crippen LogP contribution in [0.15, 0.2) is 36.5 Å². The van der Waals surface area contributed by atoms with E-state index in [0.29, 0.717) is 23.9 Å². The standard InChI is InChI=1S/C15H15F3N2O2/c1-21-12-5-3-10(13(7-12)22-2)8-19-14-6-4-11(9-20-14)15(16,17)18/h3-7,9H,8H2,1-2H3,(H,19,20). The summed E-state index contributed by atoms with van der Waals surface area (Å²) >= 11 is 0. The molecule has 4 nitrogen and oxygen atoms in total. The molecule has 0 spiro atoms. The van der Waals surface area contributed by atoms with E-state index in [1.165, 1.54) is 13.2 Å². The molecule has 0 unspecified atom stereocenters. The van der Waals surface area contributed by atoms with Gasteiger partial charge in [0, 0.05) is 24.4 Å². The maximum atomic E-state index is 12.5. The van der Waals surface area contributed by atoms with Crippen LogP contribution < -0.4 is 14.8 Å². The lowest BCUT2D eigenvalue weighted by Gasteiger charge is -2.12. The van der Waals surface area contributed by atoms with Crippen molar-refractivity contribution in [2.24, 2.45) is 0 Å². The number of nitrogens with zero attached hydrogens (tertiary/aromatic N) is 1. The van der Waals surface area contributed by atoms with E-state index in [-0.39, 0.29) is 0 Å². The summed E-state index contributed by atoms with van der Waals surface area (Å²) in [5, 5.41) is 2.95. The lowest BCUT2D eigenvalue weighted by atomic mass is 10.2. The van der Waals surface area contributed by atoms with Gasteiger partial charge in [-0.15, -0.1) is 0 Å².